The van der Waals surface area contributed by atoms with Gasteiger partial charge in [-0.2, -0.15) is 0 Å². The van der Waals surface area contributed by atoms with Crippen LogP contribution in [0.25, 0.3) is 11.3 Å². The monoisotopic (exact) mass is 369 g/mol. The number of carbonyl (C=O) groups excluding carboxylic acids is 2. The first-order chi connectivity index (χ1) is 12.4. The number of aromatic nitrogens is 1. The number of aryl methyl sites for hydroxylation is 1. The summed E-state index contributed by atoms with van der Waals surface area (Å²) in [5.74, 6) is 0.430. The minimum atomic E-state index is -0.000881. The number of hydrogen-bond donors (Lipinski definition) is 1. The van der Waals surface area contributed by atoms with Gasteiger partial charge >= 0.3 is 0 Å². The maximum absolute atomic E-state index is 12.4. The molecule has 0 unspecified atom stereocenters. The zero-order valence-electron chi connectivity index (χ0n) is 15.3. The van der Waals surface area contributed by atoms with Gasteiger partial charge in [-0.25, -0.2) is 4.98 Å². The van der Waals surface area contributed by atoms with E-state index in [1.165, 1.54) is 16.9 Å². The van der Waals surface area contributed by atoms with Gasteiger partial charge in [0, 0.05) is 34.5 Å². The van der Waals surface area contributed by atoms with E-state index in [1.54, 1.807) is 0 Å². The lowest BCUT2D eigenvalue weighted by molar-refractivity contribution is -0.121. The molecule has 2 aromatic rings. The summed E-state index contributed by atoms with van der Waals surface area (Å²) in [5, 5.41) is 3.61. The molecule has 136 valence electrons. The molecule has 0 spiro atoms. The number of thiazole rings is 1. The van der Waals surface area contributed by atoms with Crippen LogP contribution in [0.3, 0.4) is 0 Å². The van der Waals surface area contributed by atoms with Crippen LogP contribution in [0, 0.1) is 18.8 Å². The van der Waals surface area contributed by atoms with Gasteiger partial charge in [-0.15, -0.1) is 11.3 Å². The van der Waals surface area contributed by atoms with Gasteiger partial charge in [0.05, 0.1) is 5.69 Å². The molecule has 0 atom stereocenters. The summed E-state index contributed by atoms with van der Waals surface area (Å²) in [7, 11) is 0. The molecule has 1 aliphatic carbocycles. The van der Waals surface area contributed by atoms with Gasteiger partial charge in [0.15, 0.2) is 5.13 Å². The van der Waals surface area contributed by atoms with Crippen LogP contribution in [0.5, 0.6) is 0 Å². The van der Waals surface area contributed by atoms with Crippen LogP contribution in [0.1, 0.15) is 37.1 Å². The Morgan fingerprint density at radius 2 is 2.08 bits per heavy atom. The van der Waals surface area contributed by atoms with Crippen LogP contribution in [-0.4, -0.2) is 23.3 Å². The fourth-order valence-electron chi connectivity index (χ4n) is 3.36. The van der Waals surface area contributed by atoms with Crippen molar-refractivity contribution >= 4 is 34.0 Å². The molecule has 1 fully saturated rings. The van der Waals surface area contributed by atoms with Gasteiger partial charge in [-0.1, -0.05) is 19.9 Å². The van der Waals surface area contributed by atoms with Gasteiger partial charge in [0.25, 0.3) is 0 Å². The van der Waals surface area contributed by atoms with E-state index in [0.717, 1.165) is 47.6 Å². The largest absolute Gasteiger partial charge is 0.312 e. The standard InChI is InChI=1S/C20H23N3O2S/c1-11(2)19(25)23-9-8-14-10-15(6-7-16(14)23)17-12(3)26-20(21-17)22-18(24)13-4-5-13/h6-7,10-11,13H,4-5,8-9H2,1-3H3,(H,21,22,24). The van der Waals surface area contributed by atoms with E-state index in [-0.39, 0.29) is 23.7 Å². The average Bonchev–Trinajstić information content (AvgIpc) is 3.28. The van der Waals surface area contributed by atoms with Crippen molar-refractivity contribution in [2.45, 2.75) is 40.0 Å². The summed E-state index contributed by atoms with van der Waals surface area (Å²) < 4.78 is 0. The Balaban J connectivity index is 1.58. The first-order valence-corrected chi connectivity index (χ1v) is 9.98. The maximum Gasteiger partial charge on any atom is 0.229 e. The van der Waals surface area contributed by atoms with Crippen molar-refractivity contribution in [2.75, 3.05) is 16.8 Å². The second-order valence-corrected chi connectivity index (χ2v) is 8.63. The number of anilines is 2. The summed E-state index contributed by atoms with van der Waals surface area (Å²) in [4.78, 5) is 31.9. The highest BCUT2D eigenvalue weighted by molar-refractivity contribution is 7.16. The Kier molecular flexibility index (Phi) is 4.31. The number of nitrogens with zero attached hydrogens (tertiary/aromatic N) is 2. The van der Waals surface area contributed by atoms with E-state index in [1.807, 2.05) is 37.8 Å². The number of hydrogen-bond acceptors (Lipinski definition) is 4. The van der Waals surface area contributed by atoms with E-state index in [0.29, 0.717) is 5.13 Å². The lowest BCUT2D eigenvalue weighted by atomic mass is 10.1. The van der Waals surface area contributed by atoms with Crippen LogP contribution in [0.15, 0.2) is 18.2 Å². The smallest absolute Gasteiger partial charge is 0.229 e. The van der Waals surface area contributed by atoms with E-state index in [4.69, 9.17) is 0 Å². The molecule has 2 aliphatic rings. The van der Waals surface area contributed by atoms with Gasteiger partial charge in [0.2, 0.25) is 11.8 Å². The summed E-state index contributed by atoms with van der Waals surface area (Å²) in [6.45, 7) is 6.64. The third-order valence-electron chi connectivity index (χ3n) is 4.98. The number of rotatable bonds is 4. The Morgan fingerprint density at radius 1 is 1.31 bits per heavy atom. The van der Waals surface area contributed by atoms with E-state index < -0.39 is 0 Å². The van der Waals surface area contributed by atoms with Crippen molar-refractivity contribution in [1.29, 1.82) is 0 Å². The summed E-state index contributed by atoms with van der Waals surface area (Å²) >= 11 is 1.52. The Hall–Kier alpha value is -2.21. The normalized spacial score (nSPS) is 16.1. The molecule has 26 heavy (non-hydrogen) atoms. The van der Waals surface area contributed by atoms with Crippen molar-refractivity contribution in [2.24, 2.45) is 11.8 Å². The van der Waals surface area contributed by atoms with Crippen LogP contribution in [0.2, 0.25) is 0 Å². The van der Waals surface area contributed by atoms with Gasteiger partial charge < -0.3 is 10.2 Å². The Morgan fingerprint density at radius 3 is 2.77 bits per heavy atom. The fourth-order valence-corrected chi connectivity index (χ4v) is 4.20. The summed E-state index contributed by atoms with van der Waals surface area (Å²) in [6, 6.07) is 6.19. The second kappa shape index (κ2) is 6.50. The Labute approximate surface area is 157 Å². The molecule has 1 aliphatic heterocycles. The van der Waals surface area contributed by atoms with E-state index in [9.17, 15) is 9.59 Å². The third-order valence-corrected chi connectivity index (χ3v) is 5.87. The molecule has 0 bridgehead atoms. The molecule has 6 heteroatoms. The highest BCUT2D eigenvalue weighted by Crippen LogP contribution is 2.37. The fraction of sp³-hybridized carbons (Fsp3) is 0.450. The van der Waals surface area contributed by atoms with E-state index in [2.05, 4.69) is 16.4 Å². The topological polar surface area (TPSA) is 62.3 Å². The number of nitrogens with one attached hydrogen (secondary N) is 1. The van der Waals surface area contributed by atoms with Gasteiger partial charge in [0.1, 0.15) is 0 Å². The van der Waals surface area contributed by atoms with Crippen LogP contribution in [0.4, 0.5) is 10.8 Å². The minimum Gasteiger partial charge on any atom is -0.312 e. The van der Waals surface area contributed by atoms with Crippen molar-refractivity contribution in [3.05, 3.63) is 28.6 Å². The summed E-state index contributed by atoms with van der Waals surface area (Å²) in [6.07, 6.45) is 2.84. The molecular weight excluding hydrogens is 346 g/mol. The average molecular weight is 369 g/mol. The predicted octanol–water partition coefficient (Wildman–Crippen LogP) is 4.01. The Bertz CT molecular complexity index is 883. The number of carbonyl (C=O) groups is 2. The third kappa shape index (κ3) is 3.14. The zero-order valence-corrected chi connectivity index (χ0v) is 16.2. The molecular formula is C20H23N3O2S. The maximum atomic E-state index is 12.4. The zero-order chi connectivity index (χ0) is 18.4. The van der Waals surface area contributed by atoms with Gasteiger partial charge in [-0.3, -0.25) is 9.59 Å². The molecule has 2 heterocycles. The van der Waals surface area contributed by atoms with E-state index >= 15 is 0 Å². The highest BCUT2D eigenvalue weighted by atomic mass is 32.1. The van der Waals surface area contributed by atoms with Crippen molar-refractivity contribution in [3.8, 4) is 11.3 Å². The molecule has 1 saturated carbocycles. The van der Waals surface area contributed by atoms with Crippen molar-refractivity contribution < 1.29 is 9.59 Å². The quantitative estimate of drug-likeness (QED) is 0.886. The lowest BCUT2D eigenvalue weighted by Gasteiger charge is -2.19. The first-order valence-electron chi connectivity index (χ1n) is 9.17. The molecule has 1 aromatic heterocycles. The molecule has 5 nitrogen and oxygen atoms in total. The number of amides is 2. The molecule has 4 rings (SSSR count). The van der Waals surface area contributed by atoms with Crippen molar-refractivity contribution in [1.82, 2.24) is 4.98 Å². The highest BCUT2D eigenvalue weighted by Gasteiger charge is 2.30. The molecule has 1 N–H and O–H groups in total. The minimum absolute atomic E-state index is 0.000881. The molecule has 1 aromatic carbocycles. The molecule has 0 radical (unpaired) electrons. The number of benzene rings is 1. The van der Waals surface area contributed by atoms with Crippen LogP contribution >= 0.6 is 11.3 Å². The SMILES string of the molecule is Cc1sc(NC(=O)C2CC2)nc1-c1ccc2c(c1)CCN2C(=O)C(C)C. The molecule has 2 amide bonds. The first kappa shape index (κ1) is 17.2. The van der Waals surface area contributed by atoms with Crippen LogP contribution < -0.4 is 10.2 Å². The van der Waals surface area contributed by atoms with Crippen LogP contribution in [-0.2, 0) is 16.0 Å². The molecule has 0 saturated heterocycles. The van der Waals surface area contributed by atoms with Gasteiger partial charge in [-0.05, 0) is 43.9 Å². The van der Waals surface area contributed by atoms with Crippen molar-refractivity contribution in [3.63, 3.8) is 0 Å². The predicted molar refractivity (Wildman–Crippen MR) is 105 cm³/mol. The summed E-state index contributed by atoms with van der Waals surface area (Å²) in [5.41, 5.74) is 4.16. The number of fused-ring (bicyclic) bond motifs is 1. The second-order valence-electron chi connectivity index (χ2n) is 7.43. The lowest BCUT2D eigenvalue weighted by Crippen LogP contribution is -2.32.